The smallest absolute Gasteiger partial charge is 0.399 e. The van der Waals surface area contributed by atoms with E-state index in [1.165, 1.54) is 7.94 Å². The molecule has 11 rings (SSSR count). The summed E-state index contributed by atoms with van der Waals surface area (Å²) >= 11 is 3.41. The third-order valence-corrected chi connectivity index (χ3v) is 17.6. The minimum Gasteiger partial charge on any atom is -0.399 e. The minimum absolute atomic E-state index is 0. The van der Waals surface area contributed by atoms with Gasteiger partial charge in [-0.05, 0) is 115 Å². The molecule has 77 heavy (non-hydrogen) atoms. The molecule has 14 nitrogen and oxygen atoms in total. The van der Waals surface area contributed by atoms with Gasteiger partial charge in [0.05, 0.1) is 33.4 Å². The van der Waals surface area contributed by atoms with Gasteiger partial charge in [-0.25, -0.2) is 34.7 Å². The molecule has 0 saturated carbocycles. The zero-order valence-electron chi connectivity index (χ0n) is 43.5. The molecule has 0 amide bonds. The van der Waals surface area contributed by atoms with Crippen molar-refractivity contribution in [3.05, 3.63) is 174 Å². The van der Waals surface area contributed by atoms with E-state index < -0.39 is 20.0 Å². The topological polar surface area (TPSA) is 158 Å². The first kappa shape index (κ1) is 60.5. The van der Waals surface area contributed by atoms with Crippen LogP contribution in [-0.2, 0) is 63.9 Å². The molecule has 0 unspecified atom stereocenters. The normalized spacial score (nSPS) is 16.9. The van der Waals surface area contributed by atoms with Gasteiger partial charge in [0.2, 0.25) is 0 Å². The van der Waals surface area contributed by atoms with Crippen LogP contribution < -0.4 is 0 Å². The van der Waals surface area contributed by atoms with Crippen LogP contribution in [0.5, 0.6) is 0 Å². The Morgan fingerprint density at radius 3 is 1.43 bits per heavy atom. The molecular formula is C58H68BBrN8O6PdS2. The van der Waals surface area contributed by atoms with Crippen molar-refractivity contribution in [3.8, 4) is 22.3 Å². The summed E-state index contributed by atoms with van der Waals surface area (Å²) in [7, 11) is -4.11. The maximum absolute atomic E-state index is 13.4. The van der Waals surface area contributed by atoms with E-state index in [0.717, 1.165) is 66.9 Å². The van der Waals surface area contributed by atoms with Crippen LogP contribution in [0, 0.1) is 10.8 Å². The summed E-state index contributed by atoms with van der Waals surface area (Å²) in [6, 6.07) is 20.6. The third kappa shape index (κ3) is 12.6. The molecule has 7 heterocycles. The fraction of sp³-hybridized carbons (Fsp3) is 0.310. The van der Waals surface area contributed by atoms with E-state index in [4.69, 9.17) is 9.31 Å². The molecule has 8 aromatic rings. The summed E-state index contributed by atoms with van der Waals surface area (Å²) in [6.07, 6.45) is 28.9. The molecule has 0 radical (unpaired) electrons. The van der Waals surface area contributed by atoms with Gasteiger partial charge in [0, 0.05) is 115 Å². The first-order chi connectivity index (χ1) is 34.8. The number of aryl methyl sites for hydroxylation is 2. The Hall–Kier alpha value is -5.77. The largest absolute Gasteiger partial charge is 0.494 e. The number of hydrogen-bond acceptors (Lipinski definition) is 10. The molecule has 1 fully saturated rings. The maximum atomic E-state index is 13.4. The van der Waals surface area contributed by atoms with Crippen molar-refractivity contribution in [2.45, 2.75) is 104 Å². The van der Waals surface area contributed by atoms with Crippen molar-refractivity contribution in [2.24, 2.45) is 24.9 Å². The van der Waals surface area contributed by atoms with E-state index in [1.54, 1.807) is 107 Å². The van der Waals surface area contributed by atoms with Crippen LogP contribution in [0.15, 0.2) is 179 Å². The Labute approximate surface area is 477 Å². The van der Waals surface area contributed by atoms with E-state index in [1.807, 2.05) is 38.6 Å². The fourth-order valence-corrected chi connectivity index (χ4v) is 11.7. The van der Waals surface area contributed by atoms with E-state index in [9.17, 15) is 16.8 Å². The van der Waals surface area contributed by atoms with Crippen LogP contribution in [0.25, 0.3) is 49.9 Å². The Bertz CT molecular complexity index is 3770. The van der Waals surface area contributed by atoms with E-state index >= 15 is 0 Å². The molecular weight excluding hydrogens is 1170 g/mol. The Morgan fingerprint density at radius 1 is 0.571 bits per heavy atom. The van der Waals surface area contributed by atoms with Gasteiger partial charge in [0.15, 0.2) is 11.3 Å². The second-order valence-electron chi connectivity index (χ2n) is 21.2. The number of halogens is 1. The van der Waals surface area contributed by atoms with Gasteiger partial charge in [0.25, 0.3) is 20.0 Å². The predicted molar refractivity (Wildman–Crippen MR) is 310 cm³/mol. The summed E-state index contributed by atoms with van der Waals surface area (Å²) in [4.78, 5) is 9.39. The Kier molecular flexibility index (Phi) is 18.0. The van der Waals surface area contributed by atoms with Crippen LogP contribution in [0.4, 0.5) is 0 Å². The number of benzene rings is 2. The van der Waals surface area contributed by atoms with Crippen LogP contribution in [0.3, 0.4) is 0 Å². The quantitative estimate of drug-likeness (QED) is 0.134. The zero-order valence-corrected chi connectivity index (χ0v) is 48.3. The van der Waals surface area contributed by atoms with Gasteiger partial charge in [-0.2, -0.15) is 10.2 Å². The molecule has 0 atom stereocenters. The SMILES string of the molecule is C.C.CC1(C)C=CC(B2OC(C)(C)C(C)(C)O2)=CC1.Cn1cc(-c2cn(S(=O)(=O)c3ccccc3)c3ncc(Br)cc23)cn1.Cn1cc(-c2cn(S(=O)(=O)c3ccccc3)c3ncc(C4=CCC(C)(C)C=C4)cc23)cn1.[Pd]. The number of pyridine rings is 2. The maximum Gasteiger partial charge on any atom is 0.494 e. The van der Waals surface area contributed by atoms with Crippen molar-refractivity contribution >= 4 is 70.7 Å². The molecule has 2 aromatic carbocycles. The summed E-state index contributed by atoms with van der Waals surface area (Å²) in [6.45, 7) is 17.2. The molecule has 0 spiro atoms. The molecule has 0 bridgehead atoms. The first-order valence-electron chi connectivity index (χ1n) is 24.3. The van der Waals surface area contributed by atoms with E-state index in [0.29, 0.717) is 11.3 Å². The average molecular weight is 1230 g/mol. The van der Waals surface area contributed by atoms with Gasteiger partial charge in [-0.15, -0.1) is 0 Å². The fourth-order valence-electron chi connectivity index (χ4n) is 8.68. The number of nitrogens with zero attached hydrogens (tertiary/aromatic N) is 8. The summed E-state index contributed by atoms with van der Waals surface area (Å²) in [5.41, 5.74) is 7.09. The van der Waals surface area contributed by atoms with Gasteiger partial charge in [-0.3, -0.25) is 9.36 Å². The van der Waals surface area contributed by atoms with Gasteiger partial charge >= 0.3 is 7.12 Å². The summed E-state index contributed by atoms with van der Waals surface area (Å²) in [5, 5.41) is 9.96. The van der Waals surface area contributed by atoms with Gasteiger partial charge in [0.1, 0.15) is 0 Å². The molecule has 2 aliphatic carbocycles. The second kappa shape index (κ2) is 22.9. The summed E-state index contributed by atoms with van der Waals surface area (Å²) < 4.78 is 71.7. The van der Waals surface area contributed by atoms with Crippen LogP contribution in [-0.4, -0.2) is 72.6 Å². The van der Waals surface area contributed by atoms with Gasteiger partial charge in [-0.1, -0.05) is 115 Å². The number of aromatic nitrogens is 8. The predicted octanol–water partition coefficient (Wildman–Crippen LogP) is 13.3. The van der Waals surface area contributed by atoms with Crippen LogP contribution >= 0.6 is 15.9 Å². The molecule has 1 saturated heterocycles. The van der Waals surface area contributed by atoms with E-state index in [-0.39, 0.29) is 74.2 Å². The van der Waals surface area contributed by atoms with Crippen LogP contribution in [0.2, 0.25) is 0 Å². The number of rotatable bonds is 8. The second-order valence-corrected chi connectivity index (χ2v) is 25.8. The molecule has 3 aliphatic rings. The van der Waals surface area contributed by atoms with Crippen molar-refractivity contribution < 1.29 is 46.6 Å². The monoisotopic (exact) mass is 1230 g/mol. The molecule has 1 aliphatic heterocycles. The van der Waals surface area contributed by atoms with Crippen molar-refractivity contribution in [3.63, 3.8) is 0 Å². The number of fused-ring (bicyclic) bond motifs is 2. The average Bonchev–Trinajstić information content (AvgIpc) is 4.19. The van der Waals surface area contributed by atoms with Gasteiger partial charge < -0.3 is 9.31 Å². The van der Waals surface area contributed by atoms with Crippen LogP contribution in [0.1, 0.15) is 88.6 Å². The number of allylic oxidation sites excluding steroid dienone is 8. The molecule has 0 N–H and O–H groups in total. The summed E-state index contributed by atoms with van der Waals surface area (Å²) in [5.74, 6) is 0. The minimum atomic E-state index is -3.80. The van der Waals surface area contributed by atoms with Crippen molar-refractivity contribution in [2.75, 3.05) is 0 Å². The number of hydrogen-bond donors (Lipinski definition) is 0. The Balaban J connectivity index is 0.000000192. The Morgan fingerprint density at radius 2 is 1.01 bits per heavy atom. The molecule has 19 heteroatoms. The first-order valence-corrected chi connectivity index (χ1v) is 27.9. The molecule has 408 valence electrons. The standard InChI is InChI=1S/C25H24N4O2S.C17H13BrN4O2S.C14H23BO2.2CH4.Pd/c1-25(2)11-9-18(10-12-25)19-13-22-23(20-15-27-28(3)16-20)17-29(24(22)26-14-19)32(30,31)21-7-5-4-6-8-21;1-21-10-12(8-20-21)16-11-22(17-15(16)7-13(18)9-19-17)25(23,24)14-5-3-2-4-6-14;1-12(2)9-7-11(8-10-12)15-16-13(3,4)14(5,6)17-15;;;/h4-11,13-17H,12H2,1-3H3;2-11H,1H3;7-9H,10H2,1-6H3;2*1H4;. The van der Waals surface area contributed by atoms with E-state index in [2.05, 4.69) is 128 Å². The third-order valence-electron chi connectivity index (χ3n) is 13.8. The van der Waals surface area contributed by atoms with Crippen molar-refractivity contribution in [1.29, 1.82) is 0 Å². The molecule has 6 aromatic heterocycles. The van der Waals surface area contributed by atoms with Crippen molar-refractivity contribution in [1.82, 2.24) is 37.5 Å². The zero-order chi connectivity index (χ0) is 53.0.